The van der Waals surface area contributed by atoms with Crippen LogP contribution in [0.3, 0.4) is 0 Å². The number of rotatable bonds is 3. The van der Waals surface area contributed by atoms with Gasteiger partial charge in [0.25, 0.3) is 5.69 Å². The summed E-state index contributed by atoms with van der Waals surface area (Å²) in [6.07, 6.45) is -2.97. The maximum Gasteiger partial charge on any atom is 0.416 e. The van der Waals surface area contributed by atoms with Crippen molar-refractivity contribution in [2.45, 2.75) is 13.1 Å². The van der Waals surface area contributed by atoms with E-state index in [1.165, 1.54) is 0 Å². The molecule has 3 rings (SSSR count). The van der Waals surface area contributed by atoms with Crippen LogP contribution in [0.5, 0.6) is 0 Å². The maximum atomic E-state index is 12.9. The Morgan fingerprint density at radius 3 is 2.48 bits per heavy atom. The van der Waals surface area contributed by atoms with E-state index < -0.39 is 22.4 Å². The Hall–Kier alpha value is -2.95. The summed E-state index contributed by atoms with van der Waals surface area (Å²) >= 11 is 5.40. The van der Waals surface area contributed by atoms with Crippen LogP contribution in [0.1, 0.15) is 11.1 Å². The summed E-state index contributed by atoms with van der Waals surface area (Å²) in [4.78, 5) is 18.3. The topological polar surface area (TPSA) is 74.5 Å². The molecule has 1 N–H and O–H groups in total. The molecular weight excluding hydrogens is 407 g/mol. The Morgan fingerprint density at radius 1 is 1.21 bits per heavy atom. The molecule has 0 unspecified atom stereocenters. The summed E-state index contributed by atoms with van der Waals surface area (Å²) < 4.78 is 38.6. The van der Waals surface area contributed by atoms with Gasteiger partial charge in [0.05, 0.1) is 10.5 Å². The van der Waals surface area contributed by atoms with Gasteiger partial charge < -0.3 is 15.1 Å². The third-order valence-corrected chi connectivity index (χ3v) is 4.92. The Balaban J connectivity index is 1.69. The summed E-state index contributed by atoms with van der Waals surface area (Å²) in [5.41, 5.74) is -0.396. The molecule has 2 heterocycles. The first-order chi connectivity index (χ1) is 13.6. The van der Waals surface area contributed by atoms with E-state index in [2.05, 4.69) is 10.3 Å². The van der Waals surface area contributed by atoms with Crippen LogP contribution in [-0.2, 0) is 6.18 Å². The van der Waals surface area contributed by atoms with Gasteiger partial charge in [0.15, 0.2) is 5.11 Å². The second kappa shape index (κ2) is 8.19. The van der Waals surface area contributed by atoms with Gasteiger partial charge in [-0.25, -0.2) is 4.98 Å². The smallest absolute Gasteiger partial charge is 0.362 e. The number of alkyl halides is 3. The van der Waals surface area contributed by atoms with Gasteiger partial charge in [-0.2, -0.15) is 13.2 Å². The lowest BCUT2D eigenvalue weighted by Crippen LogP contribution is -2.50. The predicted octanol–water partition coefficient (Wildman–Crippen LogP) is 3.84. The normalized spacial score (nSPS) is 14.6. The van der Waals surface area contributed by atoms with Gasteiger partial charge in [-0.1, -0.05) is 0 Å². The van der Waals surface area contributed by atoms with Crippen molar-refractivity contribution in [1.29, 1.82) is 0 Å². The molecule has 1 aromatic carbocycles. The fraction of sp³-hybridized carbons (Fsp3) is 0.333. The van der Waals surface area contributed by atoms with Crippen molar-refractivity contribution in [3.05, 3.63) is 57.8 Å². The first kappa shape index (κ1) is 20.8. The maximum absolute atomic E-state index is 12.9. The molecular formula is C18H18F3N5O2S. The fourth-order valence-corrected chi connectivity index (χ4v) is 3.34. The molecule has 0 radical (unpaired) electrons. The van der Waals surface area contributed by atoms with Crippen LogP contribution in [0, 0.1) is 17.0 Å². The number of nitrogens with zero attached hydrogens (tertiary/aromatic N) is 4. The van der Waals surface area contributed by atoms with Crippen molar-refractivity contribution in [3.8, 4) is 0 Å². The third-order valence-electron chi connectivity index (χ3n) is 4.56. The van der Waals surface area contributed by atoms with Crippen LogP contribution in [0.2, 0.25) is 0 Å². The SMILES string of the molecule is Cc1ccnc(NC(=S)N2CCN(c3ccc(C(F)(F)F)cc3[N+](=O)[O-])CC2)c1. The van der Waals surface area contributed by atoms with Crippen LogP contribution in [-0.4, -0.2) is 46.1 Å². The Labute approximate surface area is 170 Å². The molecule has 0 bridgehead atoms. The third kappa shape index (κ3) is 4.91. The number of hydrogen-bond acceptors (Lipinski definition) is 5. The van der Waals surface area contributed by atoms with Gasteiger partial charge in [0.1, 0.15) is 11.5 Å². The molecule has 1 aliphatic rings. The summed E-state index contributed by atoms with van der Waals surface area (Å²) in [6.45, 7) is 3.64. The van der Waals surface area contributed by atoms with Crippen molar-refractivity contribution in [3.63, 3.8) is 0 Å². The number of nitro benzene ring substituents is 1. The number of aromatic nitrogens is 1. The van der Waals surface area contributed by atoms with E-state index in [9.17, 15) is 23.3 Å². The van der Waals surface area contributed by atoms with E-state index in [0.717, 1.165) is 17.7 Å². The van der Waals surface area contributed by atoms with Gasteiger partial charge >= 0.3 is 6.18 Å². The minimum Gasteiger partial charge on any atom is -0.362 e. The largest absolute Gasteiger partial charge is 0.416 e. The molecule has 154 valence electrons. The van der Waals surface area contributed by atoms with Crippen LogP contribution in [0.15, 0.2) is 36.5 Å². The summed E-state index contributed by atoms with van der Waals surface area (Å²) in [5, 5.41) is 14.8. The number of anilines is 2. The molecule has 0 spiro atoms. The highest BCUT2D eigenvalue weighted by molar-refractivity contribution is 7.80. The van der Waals surface area contributed by atoms with Gasteiger partial charge in [-0.05, 0) is 49.0 Å². The van der Waals surface area contributed by atoms with E-state index in [1.807, 2.05) is 24.0 Å². The molecule has 2 aromatic rings. The van der Waals surface area contributed by atoms with Crippen molar-refractivity contribution < 1.29 is 18.1 Å². The second-order valence-corrected chi connectivity index (χ2v) is 6.97. The average molecular weight is 425 g/mol. The zero-order chi connectivity index (χ0) is 21.2. The lowest BCUT2D eigenvalue weighted by Gasteiger charge is -2.37. The van der Waals surface area contributed by atoms with Crippen LogP contribution in [0.25, 0.3) is 0 Å². The lowest BCUT2D eigenvalue weighted by atomic mass is 10.1. The molecule has 1 fully saturated rings. The molecule has 0 saturated carbocycles. The fourth-order valence-electron chi connectivity index (χ4n) is 3.06. The highest BCUT2D eigenvalue weighted by atomic mass is 32.1. The number of nitrogens with one attached hydrogen (secondary N) is 1. The monoisotopic (exact) mass is 425 g/mol. The number of halogens is 3. The van der Waals surface area contributed by atoms with E-state index in [-0.39, 0.29) is 5.69 Å². The molecule has 29 heavy (non-hydrogen) atoms. The first-order valence-electron chi connectivity index (χ1n) is 8.74. The van der Waals surface area contributed by atoms with Crippen LogP contribution in [0.4, 0.5) is 30.4 Å². The summed E-state index contributed by atoms with van der Waals surface area (Å²) in [7, 11) is 0. The van der Waals surface area contributed by atoms with E-state index in [0.29, 0.717) is 43.2 Å². The molecule has 11 heteroatoms. The molecule has 0 aliphatic carbocycles. The summed E-state index contributed by atoms with van der Waals surface area (Å²) in [5.74, 6) is 0.621. The number of benzene rings is 1. The van der Waals surface area contributed by atoms with Crippen molar-refractivity contribution in [1.82, 2.24) is 9.88 Å². The Morgan fingerprint density at radius 2 is 1.90 bits per heavy atom. The standard InChI is InChI=1S/C18H18F3N5O2S/c1-12-4-5-22-16(10-12)23-17(29)25-8-6-24(7-9-25)14-3-2-13(18(19,20)21)11-15(14)26(27)28/h2-5,10-11H,6-9H2,1H3,(H,22,23,29). The molecule has 7 nitrogen and oxygen atoms in total. The van der Waals surface area contributed by atoms with E-state index in [1.54, 1.807) is 11.1 Å². The number of hydrogen-bond donors (Lipinski definition) is 1. The second-order valence-electron chi connectivity index (χ2n) is 6.58. The van der Waals surface area contributed by atoms with Crippen molar-refractivity contribution in [2.24, 2.45) is 0 Å². The predicted molar refractivity (Wildman–Crippen MR) is 107 cm³/mol. The molecule has 0 amide bonds. The zero-order valence-electron chi connectivity index (χ0n) is 15.4. The van der Waals surface area contributed by atoms with Crippen molar-refractivity contribution in [2.75, 3.05) is 36.4 Å². The molecule has 0 atom stereocenters. The highest BCUT2D eigenvalue weighted by Gasteiger charge is 2.34. The summed E-state index contributed by atoms with van der Waals surface area (Å²) in [6, 6.07) is 6.32. The Kier molecular flexibility index (Phi) is 5.87. The quantitative estimate of drug-likeness (QED) is 0.455. The number of nitro groups is 1. The van der Waals surface area contributed by atoms with Gasteiger partial charge in [-0.15, -0.1) is 0 Å². The molecule has 1 saturated heterocycles. The first-order valence-corrected chi connectivity index (χ1v) is 9.15. The number of thiocarbonyl (C=S) groups is 1. The Bertz CT molecular complexity index is 930. The van der Waals surface area contributed by atoms with Gasteiger partial charge in [0.2, 0.25) is 0 Å². The average Bonchev–Trinajstić information content (AvgIpc) is 2.67. The number of aryl methyl sites for hydroxylation is 1. The number of pyridine rings is 1. The van der Waals surface area contributed by atoms with Gasteiger partial charge in [-0.3, -0.25) is 10.1 Å². The number of piperazine rings is 1. The molecule has 1 aliphatic heterocycles. The van der Waals surface area contributed by atoms with Crippen molar-refractivity contribution >= 4 is 34.5 Å². The van der Waals surface area contributed by atoms with Crippen LogP contribution >= 0.6 is 12.2 Å². The van der Waals surface area contributed by atoms with Crippen LogP contribution < -0.4 is 10.2 Å². The van der Waals surface area contributed by atoms with Gasteiger partial charge in [0, 0.05) is 38.4 Å². The minimum absolute atomic E-state index is 0.168. The molecule has 1 aromatic heterocycles. The van der Waals surface area contributed by atoms with E-state index in [4.69, 9.17) is 12.2 Å². The van der Waals surface area contributed by atoms with E-state index >= 15 is 0 Å². The minimum atomic E-state index is -4.64. The zero-order valence-corrected chi connectivity index (χ0v) is 16.3. The highest BCUT2D eigenvalue weighted by Crippen LogP contribution is 2.36. The lowest BCUT2D eigenvalue weighted by molar-refractivity contribution is -0.384.